The highest BCUT2D eigenvalue weighted by Crippen LogP contribution is 2.17. The van der Waals surface area contributed by atoms with Crippen LogP contribution in [0.5, 0.6) is 0 Å². The van der Waals surface area contributed by atoms with Gasteiger partial charge in [-0.05, 0) is 32.2 Å². The number of carbonyl (C=O) groups is 1. The Bertz CT molecular complexity index is 165. The molecule has 0 aliphatic heterocycles. The van der Waals surface area contributed by atoms with E-state index < -0.39 is 0 Å². The topological polar surface area (TPSA) is 38.3 Å². The minimum atomic E-state index is -0.0918. The zero-order chi connectivity index (χ0) is 10.2. The first kappa shape index (κ1) is 11.5. The highest BCUT2D eigenvalue weighted by molar-refractivity contribution is 5.68. The van der Waals surface area contributed by atoms with Crippen LogP contribution in [-0.2, 0) is 9.53 Å². The van der Waals surface area contributed by atoms with Gasteiger partial charge in [-0.2, -0.15) is 0 Å². The molecule has 0 amide bonds. The van der Waals surface area contributed by atoms with Gasteiger partial charge in [-0.3, -0.25) is 4.79 Å². The monoisotopic (exact) mass is 199 g/mol. The molecule has 0 saturated heterocycles. The molecule has 1 saturated carbocycles. The lowest BCUT2D eigenvalue weighted by molar-refractivity contribution is -0.140. The third kappa shape index (κ3) is 4.61. The van der Waals surface area contributed by atoms with E-state index >= 15 is 0 Å². The van der Waals surface area contributed by atoms with Gasteiger partial charge in [0.25, 0.3) is 0 Å². The first-order valence-corrected chi connectivity index (χ1v) is 5.63. The number of nitrogens with one attached hydrogen (secondary N) is 1. The van der Waals surface area contributed by atoms with Gasteiger partial charge < -0.3 is 10.1 Å². The molecule has 1 aliphatic carbocycles. The molecule has 0 aromatic carbocycles. The number of hydrogen-bond acceptors (Lipinski definition) is 3. The van der Waals surface area contributed by atoms with Gasteiger partial charge >= 0.3 is 5.97 Å². The summed E-state index contributed by atoms with van der Waals surface area (Å²) < 4.78 is 4.57. The Morgan fingerprint density at radius 3 is 2.71 bits per heavy atom. The summed E-state index contributed by atoms with van der Waals surface area (Å²) in [6.45, 7) is 1.04. The number of rotatable bonds is 6. The molecule has 0 bridgehead atoms. The molecule has 0 unspecified atom stereocenters. The van der Waals surface area contributed by atoms with E-state index in [9.17, 15) is 4.79 Å². The molecular formula is C11H21NO2. The van der Waals surface area contributed by atoms with Crippen LogP contribution in [0.3, 0.4) is 0 Å². The number of esters is 1. The molecule has 3 heteroatoms. The van der Waals surface area contributed by atoms with Crippen molar-refractivity contribution in [3.63, 3.8) is 0 Å². The molecule has 0 aromatic heterocycles. The van der Waals surface area contributed by atoms with Gasteiger partial charge in [0.1, 0.15) is 0 Å². The van der Waals surface area contributed by atoms with E-state index in [1.165, 1.54) is 32.8 Å². The predicted molar refractivity (Wildman–Crippen MR) is 56.1 cm³/mol. The smallest absolute Gasteiger partial charge is 0.305 e. The van der Waals surface area contributed by atoms with Crippen molar-refractivity contribution in [1.29, 1.82) is 0 Å². The minimum absolute atomic E-state index is 0.0918. The highest BCUT2D eigenvalue weighted by atomic mass is 16.5. The Kier molecular flexibility index (Phi) is 5.60. The third-order valence-corrected chi connectivity index (χ3v) is 2.82. The maximum absolute atomic E-state index is 10.8. The molecule has 82 valence electrons. The summed E-state index contributed by atoms with van der Waals surface area (Å²) in [6.07, 6.45) is 7.98. The zero-order valence-corrected chi connectivity index (χ0v) is 9.05. The normalized spacial score (nSPS) is 17.2. The molecule has 0 heterocycles. The van der Waals surface area contributed by atoms with Gasteiger partial charge in [0.2, 0.25) is 0 Å². The SMILES string of the molecule is COC(=O)CCCCNC1CCCC1. The molecule has 1 N–H and O–H groups in total. The van der Waals surface area contributed by atoms with Crippen molar-refractivity contribution in [2.45, 2.75) is 51.0 Å². The average Bonchev–Trinajstić information content (AvgIpc) is 2.69. The summed E-state index contributed by atoms with van der Waals surface area (Å²) in [5.74, 6) is -0.0918. The molecule has 1 rings (SSSR count). The summed E-state index contributed by atoms with van der Waals surface area (Å²) in [5, 5.41) is 3.52. The summed E-state index contributed by atoms with van der Waals surface area (Å²) in [6, 6.07) is 0.744. The zero-order valence-electron chi connectivity index (χ0n) is 9.05. The Labute approximate surface area is 86.2 Å². The van der Waals surface area contributed by atoms with Crippen LogP contribution in [0.25, 0.3) is 0 Å². The second-order valence-corrected chi connectivity index (χ2v) is 3.97. The number of carbonyl (C=O) groups excluding carboxylic acids is 1. The number of methoxy groups -OCH3 is 1. The van der Waals surface area contributed by atoms with Crippen LogP contribution in [0, 0.1) is 0 Å². The maximum atomic E-state index is 10.8. The minimum Gasteiger partial charge on any atom is -0.469 e. The number of ether oxygens (including phenoxy) is 1. The van der Waals surface area contributed by atoms with Crippen LogP contribution >= 0.6 is 0 Å². The van der Waals surface area contributed by atoms with E-state index in [4.69, 9.17) is 0 Å². The molecule has 14 heavy (non-hydrogen) atoms. The fraction of sp³-hybridized carbons (Fsp3) is 0.909. The average molecular weight is 199 g/mol. The summed E-state index contributed by atoms with van der Waals surface area (Å²) >= 11 is 0. The quantitative estimate of drug-likeness (QED) is 0.524. The molecule has 1 fully saturated rings. The number of unbranched alkanes of at least 4 members (excludes halogenated alkanes) is 1. The predicted octanol–water partition coefficient (Wildman–Crippen LogP) is 1.86. The van der Waals surface area contributed by atoms with Crippen molar-refractivity contribution >= 4 is 5.97 Å². The Hall–Kier alpha value is -0.570. The van der Waals surface area contributed by atoms with E-state index in [0.717, 1.165) is 25.4 Å². The summed E-state index contributed by atoms with van der Waals surface area (Å²) in [7, 11) is 1.44. The molecule has 0 aromatic rings. The van der Waals surface area contributed by atoms with Crippen molar-refractivity contribution in [2.75, 3.05) is 13.7 Å². The Morgan fingerprint density at radius 2 is 2.07 bits per heavy atom. The lowest BCUT2D eigenvalue weighted by Crippen LogP contribution is -2.26. The van der Waals surface area contributed by atoms with Gasteiger partial charge in [0.15, 0.2) is 0 Å². The van der Waals surface area contributed by atoms with Gasteiger partial charge in [-0.25, -0.2) is 0 Å². The Balaban J connectivity index is 1.86. The third-order valence-electron chi connectivity index (χ3n) is 2.82. The largest absolute Gasteiger partial charge is 0.469 e. The van der Waals surface area contributed by atoms with Crippen molar-refractivity contribution in [2.24, 2.45) is 0 Å². The molecule has 1 aliphatic rings. The van der Waals surface area contributed by atoms with E-state index in [1.807, 2.05) is 0 Å². The second kappa shape index (κ2) is 6.82. The van der Waals surface area contributed by atoms with Crippen LogP contribution in [0.4, 0.5) is 0 Å². The van der Waals surface area contributed by atoms with Crippen LogP contribution in [0.15, 0.2) is 0 Å². The van der Waals surface area contributed by atoms with Gasteiger partial charge in [0.05, 0.1) is 7.11 Å². The van der Waals surface area contributed by atoms with Crippen molar-refractivity contribution < 1.29 is 9.53 Å². The van der Waals surface area contributed by atoms with Crippen LogP contribution in [0.1, 0.15) is 44.9 Å². The first-order chi connectivity index (χ1) is 6.83. The van der Waals surface area contributed by atoms with Crippen molar-refractivity contribution in [3.8, 4) is 0 Å². The van der Waals surface area contributed by atoms with Crippen LogP contribution < -0.4 is 5.32 Å². The van der Waals surface area contributed by atoms with Gasteiger partial charge in [-0.1, -0.05) is 12.8 Å². The van der Waals surface area contributed by atoms with Crippen LogP contribution in [0.2, 0.25) is 0 Å². The maximum Gasteiger partial charge on any atom is 0.305 e. The fourth-order valence-electron chi connectivity index (χ4n) is 1.93. The number of hydrogen-bond donors (Lipinski definition) is 1. The standard InChI is InChI=1S/C11H21NO2/c1-14-11(13)8-4-5-9-12-10-6-2-3-7-10/h10,12H,2-9H2,1H3. The van der Waals surface area contributed by atoms with E-state index in [1.54, 1.807) is 0 Å². The van der Waals surface area contributed by atoms with Gasteiger partial charge in [0, 0.05) is 12.5 Å². The Morgan fingerprint density at radius 1 is 1.36 bits per heavy atom. The molecule has 0 radical (unpaired) electrons. The summed E-state index contributed by atoms with van der Waals surface area (Å²) in [5.41, 5.74) is 0. The first-order valence-electron chi connectivity index (χ1n) is 5.63. The molecular weight excluding hydrogens is 178 g/mol. The van der Waals surface area contributed by atoms with E-state index in [-0.39, 0.29) is 5.97 Å². The summed E-state index contributed by atoms with van der Waals surface area (Å²) in [4.78, 5) is 10.8. The van der Waals surface area contributed by atoms with E-state index in [0.29, 0.717) is 6.42 Å². The molecule has 3 nitrogen and oxygen atoms in total. The second-order valence-electron chi connectivity index (χ2n) is 3.97. The lowest BCUT2D eigenvalue weighted by atomic mass is 10.2. The van der Waals surface area contributed by atoms with Crippen LogP contribution in [-0.4, -0.2) is 25.7 Å². The lowest BCUT2D eigenvalue weighted by Gasteiger charge is -2.10. The molecule has 0 atom stereocenters. The highest BCUT2D eigenvalue weighted by Gasteiger charge is 2.13. The molecule has 0 spiro atoms. The van der Waals surface area contributed by atoms with Gasteiger partial charge in [-0.15, -0.1) is 0 Å². The van der Waals surface area contributed by atoms with Crippen molar-refractivity contribution in [1.82, 2.24) is 5.32 Å². The fourth-order valence-corrected chi connectivity index (χ4v) is 1.93. The van der Waals surface area contributed by atoms with E-state index in [2.05, 4.69) is 10.1 Å². The van der Waals surface area contributed by atoms with Crippen molar-refractivity contribution in [3.05, 3.63) is 0 Å².